The molecule has 0 spiro atoms. The number of carbonyl (C=O) groups is 1. The van der Waals surface area contributed by atoms with Gasteiger partial charge in [-0.25, -0.2) is 0 Å². The minimum absolute atomic E-state index is 0.256. The van der Waals surface area contributed by atoms with Gasteiger partial charge in [-0.15, -0.1) is 15.3 Å². The van der Waals surface area contributed by atoms with Crippen molar-refractivity contribution in [3.05, 3.63) is 48.5 Å². The summed E-state index contributed by atoms with van der Waals surface area (Å²) >= 11 is 0. The lowest BCUT2D eigenvalue weighted by atomic mass is 10.4. The Hall–Kier alpha value is -3.23. The lowest BCUT2D eigenvalue weighted by Gasteiger charge is -2.06. The molecule has 118 valence electrons. The fourth-order valence-corrected chi connectivity index (χ4v) is 1.95. The van der Waals surface area contributed by atoms with Crippen LogP contribution in [0.2, 0.25) is 0 Å². The number of nitrogens with one attached hydrogen (secondary N) is 2. The summed E-state index contributed by atoms with van der Waals surface area (Å²) in [6, 6.07) is 7.56. The van der Waals surface area contributed by atoms with Gasteiger partial charge in [-0.1, -0.05) is 5.21 Å². The van der Waals surface area contributed by atoms with E-state index in [4.69, 9.17) is 0 Å². The van der Waals surface area contributed by atoms with Crippen LogP contribution in [0.5, 0.6) is 0 Å². The number of carbonyl (C=O) groups excluding carboxylic acids is 1. The van der Waals surface area contributed by atoms with Crippen LogP contribution in [0.25, 0.3) is 5.82 Å². The quantitative estimate of drug-likeness (QED) is 0.632. The second-order valence-corrected chi connectivity index (χ2v) is 4.83. The summed E-state index contributed by atoms with van der Waals surface area (Å²) in [6.45, 7) is 0.972. The molecule has 23 heavy (non-hydrogen) atoms. The first kappa shape index (κ1) is 14.7. The molecular weight excluding hydrogens is 296 g/mol. The van der Waals surface area contributed by atoms with Crippen molar-refractivity contribution in [2.24, 2.45) is 7.05 Å². The van der Waals surface area contributed by atoms with Crippen LogP contribution in [0.1, 0.15) is 10.5 Å². The van der Waals surface area contributed by atoms with E-state index in [2.05, 4.69) is 31.1 Å². The highest BCUT2D eigenvalue weighted by molar-refractivity contribution is 5.91. The monoisotopic (exact) mass is 312 g/mol. The first-order valence-electron chi connectivity index (χ1n) is 7.08. The molecule has 2 N–H and O–H groups in total. The molecule has 0 radical (unpaired) electrons. The lowest BCUT2D eigenvalue weighted by Crippen LogP contribution is -2.29. The van der Waals surface area contributed by atoms with Crippen molar-refractivity contribution in [1.29, 1.82) is 0 Å². The van der Waals surface area contributed by atoms with E-state index in [9.17, 15) is 4.79 Å². The highest BCUT2D eigenvalue weighted by Crippen LogP contribution is 2.06. The van der Waals surface area contributed by atoms with Gasteiger partial charge in [0.2, 0.25) is 0 Å². The summed E-state index contributed by atoms with van der Waals surface area (Å²) in [5.74, 6) is 1.14. The molecule has 0 atom stereocenters. The zero-order valence-electron chi connectivity index (χ0n) is 12.5. The third-order valence-electron chi connectivity index (χ3n) is 3.07. The van der Waals surface area contributed by atoms with Crippen molar-refractivity contribution in [2.75, 3.05) is 18.4 Å². The number of aryl methyl sites for hydroxylation is 1. The smallest absolute Gasteiger partial charge is 0.273 e. The maximum absolute atomic E-state index is 11.8. The predicted molar refractivity (Wildman–Crippen MR) is 83.2 cm³/mol. The Kier molecular flexibility index (Phi) is 4.27. The average Bonchev–Trinajstić information content (AvgIpc) is 3.23. The predicted octanol–water partition coefficient (Wildman–Crippen LogP) is 0.238. The van der Waals surface area contributed by atoms with E-state index in [0.29, 0.717) is 24.6 Å². The molecule has 0 aliphatic carbocycles. The molecule has 9 heteroatoms. The van der Waals surface area contributed by atoms with Gasteiger partial charge in [0, 0.05) is 32.5 Å². The maximum atomic E-state index is 11.8. The molecule has 1 amide bonds. The van der Waals surface area contributed by atoms with Gasteiger partial charge < -0.3 is 15.2 Å². The Morgan fingerprint density at radius 2 is 1.96 bits per heavy atom. The highest BCUT2D eigenvalue weighted by Gasteiger charge is 2.08. The normalized spacial score (nSPS) is 10.5. The average molecular weight is 312 g/mol. The Labute approximate surface area is 132 Å². The minimum Gasteiger partial charge on any atom is -0.367 e. The van der Waals surface area contributed by atoms with Gasteiger partial charge in [0.1, 0.15) is 5.82 Å². The Bertz CT molecular complexity index is 762. The number of hydrogen-bond donors (Lipinski definition) is 2. The Morgan fingerprint density at radius 1 is 1.13 bits per heavy atom. The van der Waals surface area contributed by atoms with Gasteiger partial charge in [0.15, 0.2) is 11.5 Å². The molecule has 0 fully saturated rings. The number of nitrogens with zero attached hydrogens (tertiary/aromatic N) is 6. The molecule has 0 bridgehead atoms. The van der Waals surface area contributed by atoms with Gasteiger partial charge in [-0.05, 0) is 24.3 Å². The first-order chi connectivity index (χ1) is 11.2. The van der Waals surface area contributed by atoms with Crippen LogP contribution < -0.4 is 10.6 Å². The number of rotatable bonds is 6. The Morgan fingerprint density at radius 3 is 2.61 bits per heavy atom. The fraction of sp³-hybridized carbons (Fsp3) is 0.214. The largest absolute Gasteiger partial charge is 0.367 e. The topological polar surface area (TPSA) is 103 Å². The van der Waals surface area contributed by atoms with E-state index in [1.165, 1.54) is 4.68 Å². The van der Waals surface area contributed by atoms with E-state index in [1.807, 2.05) is 41.2 Å². The SMILES string of the molecule is Cn1cc(C(=O)NCCNc2ccc(-n3cccc3)nn2)nn1. The second kappa shape index (κ2) is 6.69. The highest BCUT2D eigenvalue weighted by atomic mass is 16.2. The van der Waals surface area contributed by atoms with Crippen LogP contribution >= 0.6 is 0 Å². The zero-order valence-corrected chi connectivity index (χ0v) is 12.5. The third kappa shape index (κ3) is 3.70. The lowest BCUT2D eigenvalue weighted by molar-refractivity contribution is 0.0950. The van der Waals surface area contributed by atoms with Crippen LogP contribution in [-0.4, -0.2) is 48.8 Å². The molecule has 0 aliphatic rings. The number of anilines is 1. The van der Waals surface area contributed by atoms with Gasteiger partial charge >= 0.3 is 0 Å². The van der Waals surface area contributed by atoms with Gasteiger partial charge in [0.05, 0.1) is 6.20 Å². The zero-order chi connectivity index (χ0) is 16.1. The summed E-state index contributed by atoms with van der Waals surface area (Å²) in [6.07, 6.45) is 5.37. The van der Waals surface area contributed by atoms with E-state index >= 15 is 0 Å². The minimum atomic E-state index is -0.256. The number of aromatic nitrogens is 6. The van der Waals surface area contributed by atoms with E-state index in [1.54, 1.807) is 13.2 Å². The summed E-state index contributed by atoms with van der Waals surface area (Å²) in [5.41, 5.74) is 0.295. The number of amides is 1. The van der Waals surface area contributed by atoms with Gasteiger partial charge in [-0.2, -0.15) is 0 Å². The van der Waals surface area contributed by atoms with Crippen LogP contribution in [0.3, 0.4) is 0 Å². The molecule has 0 aliphatic heterocycles. The van der Waals surface area contributed by atoms with Crippen molar-refractivity contribution in [3.8, 4) is 5.82 Å². The summed E-state index contributed by atoms with van der Waals surface area (Å²) in [7, 11) is 1.71. The fourth-order valence-electron chi connectivity index (χ4n) is 1.95. The molecule has 3 aromatic heterocycles. The van der Waals surface area contributed by atoms with Crippen molar-refractivity contribution in [2.45, 2.75) is 0 Å². The molecule has 9 nitrogen and oxygen atoms in total. The maximum Gasteiger partial charge on any atom is 0.273 e. The second-order valence-electron chi connectivity index (χ2n) is 4.83. The molecule has 0 unspecified atom stereocenters. The van der Waals surface area contributed by atoms with Crippen molar-refractivity contribution in [3.63, 3.8) is 0 Å². The molecule has 3 heterocycles. The van der Waals surface area contributed by atoms with E-state index in [-0.39, 0.29) is 5.91 Å². The summed E-state index contributed by atoms with van der Waals surface area (Å²) < 4.78 is 3.35. The molecule has 0 aromatic carbocycles. The third-order valence-corrected chi connectivity index (χ3v) is 3.07. The van der Waals surface area contributed by atoms with Crippen LogP contribution in [0.15, 0.2) is 42.9 Å². The number of hydrogen-bond acceptors (Lipinski definition) is 6. The van der Waals surface area contributed by atoms with Crippen molar-refractivity contribution < 1.29 is 4.79 Å². The Balaban J connectivity index is 1.45. The molecule has 3 rings (SSSR count). The van der Waals surface area contributed by atoms with Gasteiger partial charge in [-0.3, -0.25) is 9.48 Å². The van der Waals surface area contributed by atoms with E-state index < -0.39 is 0 Å². The molecule has 3 aromatic rings. The molecule has 0 saturated carbocycles. The van der Waals surface area contributed by atoms with Crippen molar-refractivity contribution >= 4 is 11.7 Å². The standard InChI is InChI=1S/C14H16N8O/c1-21-10-11(17-20-21)14(23)16-7-6-15-12-4-5-13(19-18-12)22-8-2-3-9-22/h2-5,8-10H,6-7H2,1H3,(H,15,18)(H,16,23). The summed E-state index contributed by atoms with van der Waals surface area (Å²) in [5, 5.41) is 21.5. The molecule has 0 saturated heterocycles. The van der Waals surface area contributed by atoms with Crippen molar-refractivity contribution in [1.82, 2.24) is 35.1 Å². The van der Waals surface area contributed by atoms with E-state index in [0.717, 1.165) is 5.82 Å². The summed E-state index contributed by atoms with van der Waals surface area (Å²) in [4.78, 5) is 11.8. The first-order valence-corrected chi connectivity index (χ1v) is 7.08. The van der Waals surface area contributed by atoms with Crippen LogP contribution in [0.4, 0.5) is 5.82 Å². The molecular formula is C14H16N8O. The van der Waals surface area contributed by atoms with Gasteiger partial charge in [0.25, 0.3) is 5.91 Å². The van der Waals surface area contributed by atoms with Crippen LogP contribution in [-0.2, 0) is 7.05 Å². The van der Waals surface area contributed by atoms with Crippen LogP contribution in [0, 0.1) is 0 Å².